The van der Waals surface area contributed by atoms with E-state index in [1.807, 2.05) is 13.8 Å². The second kappa shape index (κ2) is 11.3. The molecule has 0 amide bonds. The van der Waals surface area contributed by atoms with Crippen molar-refractivity contribution in [3.63, 3.8) is 0 Å². The molecule has 0 saturated heterocycles. The molecule has 2 aliphatic heterocycles. The lowest BCUT2D eigenvalue weighted by Crippen LogP contribution is -2.42. The van der Waals surface area contributed by atoms with Crippen molar-refractivity contribution in [3.05, 3.63) is 44.1 Å². The number of carboxylic acid groups (broad SMARTS) is 1. The molecule has 3 atom stereocenters. The highest BCUT2D eigenvalue weighted by Gasteiger charge is 2.27. The van der Waals surface area contributed by atoms with Crippen LogP contribution in [-0.2, 0) is 11.3 Å². The number of rotatable bonds is 7. The molecular formula is C20H26N4O8S. The van der Waals surface area contributed by atoms with Gasteiger partial charge in [-0.05, 0) is 37.1 Å². The summed E-state index contributed by atoms with van der Waals surface area (Å²) in [6.45, 7) is 2.73. The molecule has 0 saturated carbocycles. The molecule has 0 aromatic heterocycles. The van der Waals surface area contributed by atoms with Crippen LogP contribution in [-0.4, -0.2) is 81.7 Å². The second-order valence-electron chi connectivity index (χ2n) is 7.37. The molecule has 13 heteroatoms. The third-order valence-electron chi connectivity index (χ3n) is 4.90. The van der Waals surface area contributed by atoms with Crippen LogP contribution in [0.4, 0.5) is 0 Å². The van der Waals surface area contributed by atoms with Gasteiger partial charge in [0, 0.05) is 5.75 Å². The number of benzene rings is 1. The Morgan fingerprint density at radius 2 is 1.76 bits per heavy atom. The predicted molar refractivity (Wildman–Crippen MR) is 122 cm³/mol. The SMILES string of the molecule is Cc1cc2nc3c(=O)[nH]c(=O)nc-3n(C[C@H](O)[C@H](O)[C@H](O)CO)c2cc1C.O=C(O)CCS. The number of nitrogens with zero attached hydrogens (tertiary/aromatic N) is 3. The quantitative estimate of drug-likeness (QED) is 0.156. The molecule has 0 unspecified atom stereocenters. The van der Waals surface area contributed by atoms with E-state index in [9.17, 15) is 29.7 Å². The largest absolute Gasteiger partial charge is 0.481 e. The molecule has 180 valence electrons. The van der Waals surface area contributed by atoms with Gasteiger partial charge in [0.25, 0.3) is 5.56 Å². The minimum atomic E-state index is -1.64. The number of aliphatic carboxylic acids is 1. The maximum absolute atomic E-state index is 12.2. The van der Waals surface area contributed by atoms with Gasteiger partial charge in [-0.1, -0.05) is 0 Å². The number of H-pyrrole nitrogens is 1. The lowest BCUT2D eigenvalue weighted by Gasteiger charge is -2.25. The summed E-state index contributed by atoms with van der Waals surface area (Å²) in [5.74, 6) is -0.413. The summed E-state index contributed by atoms with van der Waals surface area (Å²) in [7, 11) is 0. The average Bonchev–Trinajstić information content (AvgIpc) is 2.74. The van der Waals surface area contributed by atoms with E-state index in [-0.39, 0.29) is 24.5 Å². The number of aliphatic hydroxyl groups is 4. The van der Waals surface area contributed by atoms with Crippen LogP contribution in [0.25, 0.3) is 22.6 Å². The lowest BCUT2D eigenvalue weighted by molar-refractivity contribution is -0.136. The van der Waals surface area contributed by atoms with Crippen LogP contribution >= 0.6 is 12.6 Å². The van der Waals surface area contributed by atoms with E-state index in [4.69, 9.17) is 10.2 Å². The highest BCUT2D eigenvalue weighted by molar-refractivity contribution is 7.80. The zero-order valence-electron chi connectivity index (χ0n) is 18.0. The number of hydrogen-bond donors (Lipinski definition) is 7. The molecule has 33 heavy (non-hydrogen) atoms. The van der Waals surface area contributed by atoms with Gasteiger partial charge in [-0.25, -0.2) is 9.78 Å². The summed E-state index contributed by atoms with van der Waals surface area (Å²) in [4.78, 5) is 43.5. The molecule has 0 aliphatic carbocycles. The van der Waals surface area contributed by atoms with Crippen LogP contribution < -0.4 is 11.2 Å². The number of carbonyl (C=O) groups is 1. The Labute approximate surface area is 193 Å². The second-order valence-corrected chi connectivity index (χ2v) is 7.81. The van der Waals surface area contributed by atoms with Gasteiger partial charge in [0.05, 0.1) is 30.6 Å². The molecule has 12 nitrogen and oxygen atoms in total. The number of nitrogens with one attached hydrogen (secondary N) is 1. The van der Waals surface area contributed by atoms with Gasteiger partial charge < -0.3 is 30.1 Å². The monoisotopic (exact) mass is 482 g/mol. The number of carboxylic acids is 1. The van der Waals surface area contributed by atoms with E-state index in [1.165, 1.54) is 4.57 Å². The first-order valence-corrected chi connectivity index (χ1v) is 10.5. The lowest BCUT2D eigenvalue weighted by atomic mass is 10.1. The number of aliphatic hydroxyl groups excluding tert-OH is 4. The van der Waals surface area contributed by atoms with Crippen LogP contribution in [0.15, 0.2) is 21.7 Å². The van der Waals surface area contributed by atoms with Gasteiger partial charge >= 0.3 is 11.7 Å². The van der Waals surface area contributed by atoms with Crippen molar-refractivity contribution in [1.82, 2.24) is 19.5 Å². The summed E-state index contributed by atoms with van der Waals surface area (Å²) in [6, 6.07) is 3.53. The molecule has 1 aromatic rings. The molecule has 0 fully saturated rings. The number of hydrogen-bond acceptors (Lipinski definition) is 10. The minimum Gasteiger partial charge on any atom is -0.481 e. The topological polar surface area (TPSA) is 199 Å². The van der Waals surface area contributed by atoms with Crippen molar-refractivity contribution in [2.75, 3.05) is 12.4 Å². The van der Waals surface area contributed by atoms with Crippen molar-refractivity contribution in [3.8, 4) is 11.5 Å². The van der Waals surface area contributed by atoms with Crippen molar-refractivity contribution >= 4 is 29.6 Å². The van der Waals surface area contributed by atoms with E-state index in [2.05, 4.69) is 27.6 Å². The Kier molecular flexibility index (Phi) is 9.07. The van der Waals surface area contributed by atoms with Crippen molar-refractivity contribution in [1.29, 1.82) is 0 Å². The maximum atomic E-state index is 12.2. The Hall–Kier alpha value is -2.84. The van der Waals surface area contributed by atoms with Gasteiger partial charge in [-0.15, -0.1) is 0 Å². The number of thiol groups is 1. The van der Waals surface area contributed by atoms with Crippen molar-refractivity contribution in [2.24, 2.45) is 0 Å². The standard InChI is InChI=1S/C17H20N4O6.C3H6O2S/c1-7-3-9-10(4-8(7)2)21(5-11(23)14(25)12(24)6-22)15-13(18-9)16(26)20-17(27)19-15;4-3(5)1-2-6/h3-4,11-12,14,22-25H,5-6H2,1-2H3,(H,20,26,27);6H,1-2H2,(H,4,5)/t11-,12+,14-;/m0./s1. The van der Waals surface area contributed by atoms with Gasteiger partial charge in [0.1, 0.15) is 18.3 Å². The number of aromatic nitrogens is 4. The first-order chi connectivity index (χ1) is 15.5. The smallest absolute Gasteiger partial charge is 0.349 e. The summed E-state index contributed by atoms with van der Waals surface area (Å²) in [5.41, 5.74) is 1.11. The van der Waals surface area contributed by atoms with E-state index in [0.29, 0.717) is 16.8 Å². The molecule has 2 heterocycles. The normalized spacial score (nSPS) is 13.9. The number of aryl methyl sites for hydroxylation is 2. The van der Waals surface area contributed by atoms with E-state index < -0.39 is 42.1 Å². The van der Waals surface area contributed by atoms with E-state index in [1.54, 1.807) is 12.1 Å². The Bertz CT molecular complexity index is 1210. The van der Waals surface area contributed by atoms with Gasteiger partial charge in [-0.2, -0.15) is 17.6 Å². The minimum absolute atomic E-state index is 0.0516. The van der Waals surface area contributed by atoms with Gasteiger partial charge in [-0.3, -0.25) is 14.6 Å². The molecule has 2 aliphatic rings. The molecule has 0 bridgehead atoms. The zero-order chi connectivity index (χ0) is 24.9. The summed E-state index contributed by atoms with van der Waals surface area (Å²) < 4.78 is 1.40. The number of aromatic amines is 1. The van der Waals surface area contributed by atoms with Gasteiger partial charge in [0.2, 0.25) is 0 Å². The first-order valence-electron chi connectivity index (χ1n) is 9.89. The summed E-state index contributed by atoms with van der Waals surface area (Å²) in [6.07, 6.45) is -4.52. The van der Waals surface area contributed by atoms with Gasteiger partial charge in [0.15, 0.2) is 11.5 Å². The van der Waals surface area contributed by atoms with Crippen molar-refractivity contribution in [2.45, 2.75) is 45.1 Å². The average molecular weight is 483 g/mol. The highest BCUT2D eigenvalue weighted by atomic mass is 32.1. The van der Waals surface area contributed by atoms with Crippen LogP contribution in [0.1, 0.15) is 17.5 Å². The number of fused-ring (bicyclic) bond motifs is 2. The van der Waals surface area contributed by atoms with Crippen molar-refractivity contribution < 1.29 is 30.3 Å². The first kappa shape index (κ1) is 26.4. The van der Waals surface area contributed by atoms with Crippen LogP contribution in [0, 0.1) is 13.8 Å². The molecule has 0 radical (unpaired) electrons. The maximum Gasteiger partial charge on any atom is 0.349 e. The molecule has 0 spiro atoms. The molecule has 1 aromatic carbocycles. The third kappa shape index (κ3) is 6.36. The summed E-state index contributed by atoms with van der Waals surface area (Å²) in [5, 5.41) is 46.7. The van der Waals surface area contributed by atoms with E-state index >= 15 is 0 Å². The predicted octanol–water partition coefficient (Wildman–Crippen LogP) is -1.33. The van der Waals surface area contributed by atoms with Crippen LogP contribution in [0.5, 0.6) is 0 Å². The highest BCUT2D eigenvalue weighted by Crippen LogP contribution is 2.24. The Balaban J connectivity index is 0.000000569. The molecular weight excluding hydrogens is 456 g/mol. The molecule has 6 N–H and O–H groups in total. The Morgan fingerprint density at radius 1 is 1.12 bits per heavy atom. The molecule has 3 rings (SSSR count). The van der Waals surface area contributed by atoms with E-state index in [0.717, 1.165) is 11.1 Å². The third-order valence-corrected chi connectivity index (χ3v) is 5.12. The fourth-order valence-electron chi connectivity index (χ4n) is 2.99. The fraction of sp³-hybridized carbons (Fsp3) is 0.450. The summed E-state index contributed by atoms with van der Waals surface area (Å²) >= 11 is 3.68. The van der Waals surface area contributed by atoms with Crippen LogP contribution in [0.3, 0.4) is 0 Å². The fourth-order valence-corrected chi connectivity index (χ4v) is 3.18. The Morgan fingerprint density at radius 3 is 2.30 bits per heavy atom. The zero-order valence-corrected chi connectivity index (χ0v) is 18.9. The van der Waals surface area contributed by atoms with Crippen LogP contribution in [0.2, 0.25) is 0 Å².